The van der Waals surface area contributed by atoms with Crippen LogP contribution in [-0.2, 0) is 4.79 Å². The molecule has 0 bridgehead atoms. The SMILES string of the molecule is CCC1CCCCN1C(=O)CC1CCCN1C. The van der Waals surface area contributed by atoms with E-state index in [9.17, 15) is 4.79 Å². The van der Waals surface area contributed by atoms with Crippen molar-refractivity contribution in [2.75, 3.05) is 20.1 Å². The summed E-state index contributed by atoms with van der Waals surface area (Å²) in [5.74, 6) is 0.398. The molecule has 2 aliphatic rings. The number of amides is 1. The van der Waals surface area contributed by atoms with Gasteiger partial charge in [0.05, 0.1) is 0 Å². The minimum atomic E-state index is 0.398. The fourth-order valence-corrected chi connectivity index (χ4v) is 3.31. The third kappa shape index (κ3) is 3.01. The molecule has 98 valence electrons. The molecule has 0 aliphatic carbocycles. The summed E-state index contributed by atoms with van der Waals surface area (Å²) in [7, 11) is 2.15. The summed E-state index contributed by atoms with van der Waals surface area (Å²) in [6.07, 6.45) is 8.02. The van der Waals surface area contributed by atoms with Gasteiger partial charge in [-0.3, -0.25) is 4.79 Å². The molecule has 2 aliphatic heterocycles. The van der Waals surface area contributed by atoms with Crippen LogP contribution in [0.25, 0.3) is 0 Å². The Bertz CT molecular complexity index is 267. The molecule has 0 aromatic heterocycles. The summed E-state index contributed by atoms with van der Waals surface area (Å²) in [6, 6.07) is 1.02. The van der Waals surface area contributed by atoms with E-state index in [1.54, 1.807) is 0 Å². The molecule has 0 saturated carbocycles. The first kappa shape index (κ1) is 12.9. The van der Waals surface area contributed by atoms with Gasteiger partial charge in [-0.2, -0.15) is 0 Å². The van der Waals surface area contributed by atoms with Crippen molar-refractivity contribution < 1.29 is 4.79 Å². The number of carbonyl (C=O) groups is 1. The predicted octanol–water partition coefficient (Wildman–Crippen LogP) is 2.26. The van der Waals surface area contributed by atoms with E-state index in [1.807, 2.05) is 0 Å². The van der Waals surface area contributed by atoms with Crippen LogP contribution in [0.1, 0.15) is 51.9 Å². The lowest BCUT2D eigenvalue weighted by atomic mass is 9.98. The molecule has 2 rings (SSSR count). The summed E-state index contributed by atoms with van der Waals surface area (Å²) in [6.45, 7) is 4.36. The van der Waals surface area contributed by atoms with Crippen LogP contribution in [-0.4, -0.2) is 47.9 Å². The molecule has 17 heavy (non-hydrogen) atoms. The second-order valence-electron chi connectivity index (χ2n) is 5.63. The lowest BCUT2D eigenvalue weighted by Gasteiger charge is -2.36. The molecule has 3 nitrogen and oxygen atoms in total. The van der Waals surface area contributed by atoms with Crippen molar-refractivity contribution in [1.82, 2.24) is 9.80 Å². The van der Waals surface area contributed by atoms with E-state index >= 15 is 0 Å². The Morgan fingerprint density at radius 3 is 2.53 bits per heavy atom. The lowest BCUT2D eigenvalue weighted by Crippen LogP contribution is -2.45. The predicted molar refractivity (Wildman–Crippen MR) is 69.9 cm³/mol. The zero-order chi connectivity index (χ0) is 12.3. The minimum Gasteiger partial charge on any atom is -0.340 e. The molecule has 0 spiro atoms. The average molecular weight is 238 g/mol. The number of nitrogens with zero attached hydrogens (tertiary/aromatic N) is 2. The van der Waals surface area contributed by atoms with Crippen LogP contribution in [0.3, 0.4) is 0 Å². The van der Waals surface area contributed by atoms with Crippen molar-refractivity contribution in [2.45, 2.75) is 64.0 Å². The van der Waals surface area contributed by atoms with Gasteiger partial charge in [0.15, 0.2) is 0 Å². The first-order valence-electron chi connectivity index (χ1n) is 7.22. The standard InChI is InChI=1S/C14H26N2O/c1-3-12-7-4-5-10-16(12)14(17)11-13-8-6-9-15(13)2/h12-13H,3-11H2,1-2H3. The highest BCUT2D eigenvalue weighted by atomic mass is 16.2. The van der Waals surface area contributed by atoms with Crippen molar-refractivity contribution in [3.8, 4) is 0 Å². The molecule has 0 aromatic rings. The van der Waals surface area contributed by atoms with Crippen molar-refractivity contribution in [2.24, 2.45) is 0 Å². The fourth-order valence-electron chi connectivity index (χ4n) is 3.31. The van der Waals surface area contributed by atoms with Gasteiger partial charge in [-0.25, -0.2) is 0 Å². The number of hydrogen-bond acceptors (Lipinski definition) is 2. The first-order valence-corrected chi connectivity index (χ1v) is 7.22. The fraction of sp³-hybridized carbons (Fsp3) is 0.929. The average Bonchev–Trinajstić information content (AvgIpc) is 2.75. The van der Waals surface area contributed by atoms with Crippen molar-refractivity contribution in [3.05, 3.63) is 0 Å². The number of hydrogen-bond donors (Lipinski definition) is 0. The van der Waals surface area contributed by atoms with Crippen LogP contribution in [0.2, 0.25) is 0 Å². The number of piperidine rings is 1. The summed E-state index contributed by atoms with van der Waals surface area (Å²) >= 11 is 0. The van der Waals surface area contributed by atoms with E-state index in [2.05, 4.69) is 23.8 Å². The number of likely N-dealkylation sites (tertiary alicyclic amines) is 2. The lowest BCUT2D eigenvalue weighted by molar-refractivity contribution is -0.136. The molecule has 3 heteroatoms. The minimum absolute atomic E-state index is 0.398. The van der Waals surface area contributed by atoms with E-state index in [0.29, 0.717) is 18.0 Å². The Kier molecular flexibility index (Phi) is 4.43. The van der Waals surface area contributed by atoms with E-state index in [4.69, 9.17) is 0 Å². The summed E-state index contributed by atoms with van der Waals surface area (Å²) in [4.78, 5) is 16.9. The monoisotopic (exact) mass is 238 g/mol. The van der Waals surface area contributed by atoms with Crippen LogP contribution in [0.15, 0.2) is 0 Å². The van der Waals surface area contributed by atoms with Gasteiger partial charge in [0.2, 0.25) is 5.91 Å². The maximum atomic E-state index is 12.4. The Morgan fingerprint density at radius 2 is 1.88 bits per heavy atom. The smallest absolute Gasteiger partial charge is 0.224 e. The van der Waals surface area contributed by atoms with E-state index < -0.39 is 0 Å². The normalized spacial score (nSPS) is 30.8. The van der Waals surface area contributed by atoms with Gasteiger partial charge in [0.25, 0.3) is 0 Å². The summed E-state index contributed by atoms with van der Waals surface area (Å²) in [5, 5.41) is 0. The number of carbonyl (C=O) groups excluding carboxylic acids is 1. The second kappa shape index (κ2) is 5.85. The third-order valence-electron chi connectivity index (χ3n) is 4.50. The highest BCUT2D eigenvalue weighted by Gasteiger charge is 2.29. The van der Waals surface area contributed by atoms with Gasteiger partial charge >= 0.3 is 0 Å². The van der Waals surface area contributed by atoms with Crippen LogP contribution in [0, 0.1) is 0 Å². The van der Waals surface area contributed by atoms with Gasteiger partial charge in [0.1, 0.15) is 0 Å². The summed E-state index contributed by atoms with van der Waals surface area (Å²) < 4.78 is 0. The Labute approximate surface area is 105 Å². The molecule has 1 amide bonds. The van der Waals surface area contributed by atoms with E-state index in [0.717, 1.165) is 25.9 Å². The Morgan fingerprint density at radius 1 is 1.12 bits per heavy atom. The van der Waals surface area contributed by atoms with Gasteiger partial charge in [-0.15, -0.1) is 0 Å². The van der Waals surface area contributed by atoms with Crippen molar-refractivity contribution in [3.63, 3.8) is 0 Å². The van der Waals surface area contributed by atoms with Crippen LogP contribution >= 0.6 is 0 Å². The quantitative estimate of drug-likeness (QED) is 0.753. The molecule has 0 radical (unpaired) electrons. The highest BCUT2D eigenvalue weighted by molar-refractivity contribution is 5.77. The first-order chi connectivity index (χ1) is 8.22. The van der Waals surface area contributed by atoms with Crippen molar-refractivity contribution in [1.29, 1.82) is 0 Å². The zero-order valence-electron chi connectivity index (χ0n) is 11.3. The zero-order valence-corrected chi connectivity index (χ0v) is 11.3. The summed E-state index contributed by atoms with van der Waals surface area (Å²) in [5.41, 5.74) is 0. The van der Waals surface area contributed by atoms with Crippen LogP contribution in [0.5, 0.6) is 0 Å². The number of rotatable bonds is 3. The third-order valence-corrected chi connectivity index (χ3v) is 4.50. The van der Waals surface area contributed by atoms with Gasteiger partial charge in [-0.05, 0) is 52.1 Å². The Balaban J connectivity index is 1.89. The highest BCUT2D eigenvalue weighted by Crippen LogP contribution is 2.23. The molecule has 2 atom stereocenters. The van der Waals surface area contributed by atoms with Gasteiger partial charge in [-0.1, -0.05) is 6.92 Å². The topological polar surface area (TPSA) is 23.6 Å². The maximum absolute atomic E-state index is 12.4. The Hall–Kier alpha value is -0.570. The van der Waals surface area contributed by atoms with Crippen LogP contribution < -0.4 is 0 Å². The molecule has 2 saturated heterocycles. The molecule has 2 heterocycles. The molecule has 2 unspecified atom stereocenters. The van der Waals surface area contributed by atoms with Gasteiger partial charge < -0.3 is 9.80 Å². The molecule has 2 fully saturated rings. The molecule has 0 N–H and O–H groups in total. The van der Waals surface area contributed by atoms with Crippen LogP contribution in [0.4, 0.5) is 0 Å². The van der Waals surface area contributed by atoms with Gasteiger partial charge in [0, 0.05) is 25.0 Å². The second-order valence-corrected chi connectivity index (χ2v) is 5.63. The largest absolute Gasteiger partial charge is 0.340 e. The molecular formula is C14H26N2O. The maximum Gasteiger partial charge on any atom is 0.224 e. The van der Waals surface area contributed by atoms with E-state index in [-0.39, 0.29) is 0 Å². The van der Waals surface area contributed by atoms with E-state index in [1.165, 1.54) is 32.1 Å². The van der Waals surface area contributed by atoms with Crippen molar-refractivity contribution >= 4 is 5.91 Å². The molecular weight excluding hydrogens is 212 g/mol. The molecule has 0 aromatic carbocycles.